The molecule has 4 aromatic rings. The van der Waals surface area contributed by atoms with E-state index in [2.05, 4.69) is 27.3 Å². The zero-order valence-corrected chi connectivity index (χ0v) is 20.1. The number of hydrogen-bond donors (Lipinski definition) is 1. The molecule has 1 aromatic heterocycles. The van der Waals surface area contributed by atoms with Crippen LogP contribution in [0.5, 0.6) is 0 Å². The summed E-state index contributed by atoms with van der Waals surface area (Å²) in [6, 6.07) is 17.5. The number of nitrogens with one attached hydrogen (secondary N) is 1. The Morgan fingerprint density at radius 1 is 0.968 bits per heavy atom. The van der Waals surface area contributed by atoms with Gasteiger partial charge in [-0.2, -0.15) is 0 Å². The average Bonchev–Trinajstić information content (AvgIpc) is 2.69. The fourth-order valence-electron chi connectivity index (χ4n) is 3.98. The van der Waals surface area contributed by atoms with Gasteiger partial charge in [0.15, 0.2) is 0 Å². The highest BCUT2D eigenvalue weighted by molar-refractivity contribution is 9.10. The molecule has 156 valence electrons. The van der Waals surface area contributed by atoms with Crippen LogP contribution < -0.4 is 5.32 Å². The van der Waals surface area contributed by atoms with Crippen LogP contribution in [-0.2, 0) is 0 Å². The highest BCUT2D eigenvalue weighted by Crippen LogP contribution is 2.33. The smallest absolute Gasteiger partial charge is 0.256 e. The van der Waals surface area contributed by atoms with Gasteiger partial charge in [-0.15, -0.1) is 0 Å². The van der Waals surface area contributed by atoms with Crippen LogP contribution in [0, 0.1) is 27.7 Å². The molecule has 3 nitrogen and oxygen atoms in total. The van der Waals surface area contributed by atoms with Crippen LogP contribution in [0.4, 0.5) is 5.69 Å². The Balaban J connectivity index is 1.95. The number of benzene rings is 3. The summed E-state index contributed by atoms with van der Waals surface area (Å²) in [6.07, 6.45) is 0. The maximum atomic E-state index is 13.6. The Labute approximate surface area is 195 Å². The van der Waals surface area contributed by atoms with Crippen LogP contribution >= 0.6 is 27.5 Å². The zero-order chi connectivity index (χ0) is 22.3. The second-order valence-corrected chi connectivity index (χ2v) is 9.21. The van der Waals surface area contributed by atoms with E-state index in [1.165, 1.54) is 0 Å². The summed E-state index contributed by atoms with van der Waals surface area (Å²) in [6.45, 7) is 7.99. The van der Waals surface area contributed by atoms with Gasteiger partial charge in [-0.05, 0) is 80.8 Å². The summed E-state index contributed by atoms with van der Waals surface area (Å²) >= 11 is 9.72. The Bertz CT molecular complexity index is 1350. The summed E-state index contributed by atoms with van der Waals surface area (Å²) in [7, 11) is 0. The number of halogens is 2. The average molecular weight is 494 g/mol. The van der Waals surface area contributed by atoms with E-state index in [4.69, 9.17) is 16.6 Å². The van der Waals surface area contributed by atoms with Crippen molar-refractivity contribution in [3.8, 4) is 11.3 Å². The van der Waals surface area contributed by atoms with Crippen molar-refractivity contribution in [1.82, 2.24) is 4.98 Å². The molecule has 31 heavy (non-hydrogen) atoms. The van der Waals surface area contributed by atoms with E-state index in [1.54, 1.807) is 0 Å². The topological polar surface area (TPSA) is 42.0 Å². The van der Waals surface area contributed by atoms with E-state index in [0.29, 0.717) is 10.6 Å². The number of anilines is 1. The molecule has 0 atom stereocenters. The Morgan fingerprint density at radius 3 is 2.45 bits per heavy atom. The number of rotatable bonds is 3. The molecule has 1 heterocycles. The van der Waals surface area contributed by atoms with Crippen LogP contribution in [0.1, 0.15) is 32.6 Å². The van der Waals surface area contributed by atoms with Gasteiger partial charge >= 0.3 is 0 Å². The Hall–Kier alpha value is -2.69. The number of carbonyl (C=O) groups excluding carboxylic acids is 1. The molecule has 0 aliphatic carbocycles. The van der Waals surface area contributed by atoms with Crippen LogP contribution in [0.3, 0.4) is 0 Å². The Morgan fingerprint density at radius 2 is 1.74 bits per heavy atom. The van der Waals surface area contributed by atoms with Gasteiger partial charge in [-0.1, -0.05) is 51.3 Å². The van der Waals surface area contributed by atoms with Crippen molar-refractivity contribution in [2.75, 3.05) is 5.32 Å². The molecule has 0 aliphatic rings. The van der Waals surface area contributed by atoms with Gasteiger partial charge in [0, 0.05) is 26.1 Å². The van der Waals surface area contributed by atoms with Crippen LogP contribution in [-0.4, -0.2) is 10.9 Å². The van der Waals surface area contributed by atoms with Crippen molar-refractivity contribution in [1.29, 1.82) is 0 Å². The molecule has 1 N–H and O–H groups in total. The van der Waals surface area contributed by atoms with Crippen LogP contribution in [0.2, 0.25) is 5.02 Å². The van der Waals surface area contributed by atoms with E-state index in [9.17, 15) is 4.79 Å². The number of hydrogen-bond acceptors (Lipinski definition) is 2. The monoisotopic (exact) mass is 492 g/mol. The fourth-order valence-corrected chi connectivity index (χ4v) is 4.64. The third-order valence-electron chi connectivity index (χ3n) is 5.43. The first-order valence-electron chi connectivity index (χ1n) is 9.99. The number of aromatic nitrogens is 1. The molecule has 0 fully saturated rings. The highest BCUT2D eigenvalue weighted by Gasteiger charge is 2.21. The normalized spacial score (nSPS) is 11.0. The van der Waals surface area contributed by atoms with Gasteiger partial charge in [0.25, 0.3) is 5.91 Å². The van der Waals surface area contributed by atoms with Gasteiger partial charge in [0.1, 0.15) is 0 Å². The molecule has 0 bridgehead atoms. The van der Waals surface area contributed by atoms with Crippen molar-refractivity contribution >= 4 is 50.0 Å². The molecule has 5 heteroatoms. The van der Waals surface area contributed by atoms with Crippen molar-refractivity contribution in [2.24, 2.45) is 0 Å². The maximum absolute atomic E-state index is 13.6. The van der Waals surface area contributed by atoms with Crippen molar-refractivity contribution in [3.05, 3.63) is 91.9 Å². The molecule has 4 rings (SSSR count). The van der Waals surface area contributed by atoms with Gasteiger partial charge in [-0.25, -0.2) is 4.98 Å². The number of pyridine rings is 1. The number of fused-ring (bicyclic) bond motifs is 1. The van der Waals surface area contributed by atoms with Crippen LogP contribution in [0.25, 0.3) is 22.2 Å². The fraction of sp³-hybridized carbons (Fsp3) is 0.154. The standard InChI is InChI=1S/C26H22BrClN2O/c1-14-10-16(3)24-21(11-14)23(26(31)29-22-9-8-19(27)12-15(22)2)17(4)25(30-24)18-6-5-7-20(28)13-18/h5-13H,1-4H3,(H,29,31). The summed E-state index contributed by atoms with van der Waals surface area (Å²) < 4.78 is 0.975. The molecule has 3 aromatic carbocycles. The van der Waals surface area contributed by atoms with E-state index >= 15 is 0 Å². The molecule has 0 saturated carbocycles. The molecular formula is C26H22BrClN2O. The number of carbonyl (C=O) groups is 1. The van der Waals surface area contributed by atoms with Crippen molar-refractivity contribution in [2.45, 2.75) is 27.7 Å². The number of nitrogens with zero attached hydrogens (tertiary/aromatic N) is 1. The SMILES string of the molecule is Cc1cc(C)c2nc(-c3cccc(Cl)c3)c(C)c(C(=O)Nc3ccc(Br)cc3C)c2c1. The van der Waals surface area contributed by atoms with E-state index < -0.39 is 0 Å². The van der Waals surface area contributed by atoms with Gasteiger partial charge in [-0.3, -0.25) is 4.79 Å². The minimum Gasteiger partial charge on any atom is -0.322 e. The zero-order valence-electron chi connectivity index (χ0n) is 17.8. The molecule has 1 amide bonds. The predicted molar refractivity (Wildman–Crippen MR) is 133 cm³/mol. The van der Waals surface area contributed by atoms with Crippen LogP contribution in [0.15, 0.2) is 59.1 Å². The summed E-state index contributed by atoms with van der Waals surface area (Å²) in [5, 5.41) is 4.59. The highest BCUT2D eigenvalue weighted by atomic mass is 79.9. The third-order valence-corrected chi connectivity index (χ3v) is 6.16. The summed E-state index contributed by atoms with van der Waals surface area (Å²) in [5.74, 6) is -0.149. The van der Waals surface area contributed by atoms with Gasteiger partial charge in [0.05, 0.1) is 16.8 Å². The van der Waals surface area contributed by atoms with Gasteiger partial charge < -0.3 is 5.32 Å². The summed E-state index contributed by atoms with van der Waals surface area (Å²) in [5.41, 5.74) is 7.83. The predicted octanol–water partition coefficient (Wildman–Crippen LogP) is 7.80. The van der Waals surface area contributed by atoms with Crippen molar-refractivity contribution < 1.29 is 4.79 Å². The molecule has 0 spiro atoms. The molecule has 0 saturated heterocycles. The lowest BCUT2D eigenvalue weighted by Gasteiger charge is -2.17. The number of amides is 1. The molecule has 0 unspecified atom stereocenters. The van der Waals surface area contributed by atoms with E-state index in [-0.39, 0.29) is 5.91 Å². The lowest BCUT2D eigenvalue weighted by molar-refractivity contribution is 0.102. The first kappa shape index (κ1) is 21.5. The Kier molecular flexibility index (Phi) is 5.87. The minimum absolute atomic E-state index is 0.149. The third kappa shape index (κ3) is 4.23. The lowest BCUT2D eigenvalue weighted by atomic mass is 9.94. The van der Waals surface area contributed by atoms with Crippen molar-refractivity contribution in [3.63, 3.8) is 0 Å². The second-order valence-electron chi connectivity index (χ2n) is 7.86. The van der Waals surface area contributed by atoms with Gasteiger partial charge in [0.2, 0.25) is 0 Å². The summed E-state index contributed by atoms with van der Waals surface area (Å²) in [4.78, 5) is 18.5. The lowest BCUT2D eigenvalue weighted by Crippen LogP contribution is -2.16. The first-order valence-corrected chi connectivity index (χ1v) is 11.2. The minimum atomic E-state index is -0.149. The second kappa shape index (κ2) is 8.45. The van der Waals surface area contributed by atoms with E-state index in [0.717, 1.165) is 54.6 Å². The quantitative estimate of drug-likeness (QED) is 0.316. The molecular weight excluding hydrogens is 472 g/mol. The maximum Gasteiger partial charge on any atom is 0.256 e. The largest absolute Gasteiger partial charge is 0.322 e. The first-order chi connectivity index (χ1) is 14.7. The van der Waals surface area contributed by atoms with E-state index in [1.807, 2.05) is 76.2 Å². The molecule has 0 radical (unpaired) electrons. The number of aryl methyl sites for hydroxylation is 3. The molecule has 0 aliphatic heterocycles.